The number of rotatable bonds is 4. The van der Waals surface area contributed by atoms with Crippen molar-refractivity contribution in [1.82, 2.24) is 9.80 Å². The summed E-state index contributed by atoms with van der Waals surface area (Å²) in [4.78, 5) is 5.12. The van der Waals surface area contributed by atoms with Crippen molar-refractivity contribution >= 4 is 0 Å². The molecule has 16 heavy (non-hydrogen) atoms. The van der Waals surface area contributed by atoms with Crippen molar-refractivity contribution in [3.05, 3.63) is 0 Å². The van der Waals surface area contributed by atoms with E-state index in [2.05, 4.69) is 23.6 Å². The van der Waals surface area contributed by atoms with Gasteiger partial charge >= 0.3 is 0 Å². The molecule has 0 unspecified atom stereocenters. The van der Waals surface area contributed by atoms with Crippen LogP contribution in [0, 0.1) is 0 Å². The Bertz CT molecular complexity index is 107. The van der Waals surface area contributed by atoms with E-state index < -0.39 is 0 Å². The smallest absolute Gasteiger partial charge is 0.0110 e. The zero-order chi connectivity index (χ0) is 12.8. The molecule has 0 aromatic rings. The average molecular weight is 230 g/mol. The molecule has 2 heteroatoms. The van der Waals surface area contributed by atoms with Crippen molar-refractivity contribution in [3.8, 4) is 0 Å². The van der Waals surface area contributed by atoms with Gasteiger partial charge in [0.1, 0.15) is 0 Å². The second-order valence-corrected chi connectivity index (χ2v) is 3.63. The van der Waals surface area contributed by atoms with E-state index in [1.807, 2.05) is 27.7 Å². The van der Waals surface area contributed by atoms with Crippen LogP contribution in [0.1, 0.15) is 54.4 Å². The number of likely N-dealkylation sites (N-methyl/N-ethyl adjacent to an activating group) is 1. The van der Waals surface area contributed by atoms with Gasteiger partial charge in [-0.05, 0) is 19.5 Å². The van der Waals surface area contributed by atoms with Gasteiger partial charge in [0.05, 0.1) is 0 Å². The molecule has 0 atom stereocenters. The Morgan fingerprint density at radius 1 is 0.750 bits per heavy atom. The third-order valence-corrected chi connectivity index (χ3v) is 2.74. The van der Waals surface area contributed by atoms with Crippen LogP contribution in [0.2, 0.25) is 0 Å². The maximum atomic E-state index is 2.59. The van der Waals surface area contributed by atoms with E-state index in [1.54, 1.807) is 0 Å². The lowest BCUT2D eigenvalue weighted by Gasteiger charge is -2.33. The minimum atomic E-state index is 1.22. The predicted molar refractivity (Wildman–Crippen MR) is 76.2 cm³/mol. The van der Waals surface area contributed by atoms with E-state index in [0.29, 0.717) is 0 Å². The topological polar surface area (TPSA) is 6.48 Å². The van der Waals surface area contributed by atoms with Gasteiger partial charge in [0.15, 0.2) is 0 Å². The molecule has 0 N–H and O–H groups in total. The average Bonchev–Trinajstić information content (AvgIpc) is 2.41. The minimum absolute atomic E-state index is 1.22. The molecule has 0 aliphatic carbocycles. The predicted octanol–water partition coefficient (Wildman–Crippen LogP) is 3.48. The molecule has 0 spiro atoms. The second kappa shape index (κ2) is 14.9. The summed E-state index contributed by atoms with van der Waals surface area (Å²) in [6, 6.07) is 0. The summed E-state index contributed by atoms with van der Waals surface area (Å²) >= 11 is 0. The summed E-state index contributed by atoms with van der Waals surface area (Å²) < 4.78 is 0. The Morgan fingerprint density at radius 2 is 1.19 bits per heavy atom. The molecule has 2 nitrogen and oxygen atoms in total. The molecule has 0 aromatic heterocycles. The van der Waals surface area contributed by atoms with Gasteiger partial charge in [-0.25, -0.2) is 0 Å². The van der Waals surface area contributed by atoms with Crippen LogP contribution in [0.4, 0.5) is 0 Å². The summed E-state index contributed by atoms with van der Waals surface area (Å²) in [5.74, 6) is 0. The maximum Gasteiger partial charge on any atom is 0.0110 e. The molecule has 1 rings (SSSR count). The standard InChI is InChI=1S/C10H22N2.2C2H6/c1-3-5-6-12-9-7-11(4-2)8-10-12;2*1-2/h3-10H2,1-2H3;2*1-2H3. The van der Waals surface area contributed by atoms with E-state index in [1.165, 1.54) is 52.1 Å². The van der Waals surface area contributed by atoms with Crippen LogP contribution >= 0.6 is 0 Å². The summed E-state index contributed by atoms with van der Waals surface area (Å²) in [6.45, 7) is 20.2. The van der Waals surface area contributed by atoms with Gasteiger partial charge in [-0.1, -0.05) is 48.0 Å². The van der Waals surface area contributed by atoms with Crippen molar-refractivity contribution in [1.29, 1.82) is 0 Å². The Hall–Kier alpha value is -0.0800. The third-order valence-electron chi connectivity index (χ3n) is 2.74. The lowest BCUT2D eigenvalue weighted by molar-refractivity contribution is 0.136. The van der Waals surface area contributed by atoms with Gasteiger partial charge in [-0.15, -0.1) is 0 Å². The molecule has 1 fully saturated rings. The molecule has 1 saturated heterocycles. The first-order valence-electron chi connectivity index (χ1n) is 7.31. The first kappa shape index (κ1) is 18.3. The number of piperazine rings is 1. The Kier molecular flexibility index (Phi) is 17.1. The van der Waals surface area contributed by atoms with Gasteiger partial charge in [0, 0.05) is 26.2 Å². The maximum absolute atomic E-state index is 2.59. The monoisotopic (exact) mass is 230 g/mol. The quantitative estimate of drug-likeness (QED) is 0.729. The first-order chi connectivity index (χ1) is 7.86. The van der Waals surface area contributed by atoms with E-state index in [9.17, 15) is 0 Å². The van der Waals surface area contributed by atoms with Gasteiger partial charge in [0.2, 0.25) is 0 Å². The molecule has 0 bridgehead atoms. The van der Waals surface area contributed by atoms with Crippen LogP contribution in [0.5, 0.6) is 0 Å². The highest BCUT2D eigenvalue weighted by Crippen LogP contribution is 2.02. The van der Waals surface area contributed by atoms with Crippen LogP contribution < -0.4 is 0 Å². The SMILES string of the molecule is CC.CC.CCCCN1CCN(CC)CC1. The molecule has 1 aliphatic rings. The third kappa shape index (κ3) is 9.17. The number of hydrogen-bond donors (Lipinski definition) is 0. The molecule has 0 saturated carbocycles. The van der Waals surface area contributed by atoms with E-state index >= 15 is 0 Å². The molecule has 1 aliphatic heterocycles. The first-order valence-corrected chi connectivity index (χ1v) is 7.31. The molecular weight excluding hydrogens is 196 g/mol. The highest BCUT2D eigenvalue weighted by atomic mass is 15.3. The number of hydrogen-bond acceptors (Lipinski definition) is 2. The van der Waals surface area contributed by atoms with Gasteiger partial charge in [0.25, 0.3) is 0 Å². The minimum Gasteiger partial charge on any atom is -0.301 e. The normalized spacial score (nSPS) is 16.9. The number of nitrogens with zero attached hydrogens (tertiary/aromatic N) is 2. The summed E-state index contributed by atoms with van der Waals surface area (Å²) in [5, 5.41) is 0. The summed E-state index contributed by atoms with van der Waals surface area (Å²) in [6.07, 6.45) is 2.69. The fraction of sp³-hybridized carbons (Fsp3) is 1.00. The molecule has 0 radical (unpaired) electrons. The fourth-order valence-corrected chi connectivity index (χ4v) is 1.71. The van der Waals surface area contributed by atoms with E-state index in [0.717, 1.165) is 0 Å². The van der Waals surface area contributed by atoms with E-state index in [-0.39, 0.29) is 0 Å². The zero-order valence-corrected chi connectivity index (χ0v) is 12.6. The van der Waals surface area contributed by atoms with Gasteiger partial charge < -0.3 is 9.80 Å². The van der Waals surface area contributed by atoms with Crippen LogP contribution in [0.3, 0.4) is 0 Å². The van der Waals surface area contributed by atoms with Crippen molar-refractivity contribution in [2.24, 2.45) is 0 Å². The lowest BCUT2D eigenvalue weighted by Crippen LogP contribution is -2.46. The second-order valence-electron chi connectivity index (χ2n) is 3.63. The summed E-state index contributed by atoms with van der Waals surface area (Å²) in [7, 11) is 0. The van der Waals surface area contributed by atoms with E-state index in [4.69, 9.17) is 0 Å². The molecule has 100 valence electrons. The molecule has 1 heterocycles. The van der Waals surface area contributed by atoms with Crippen LogP contribution in [0.25, 0.3) is 0 Å². The Morgan fingerprint density at radius 3 is 1.56 bits per heavy atom. The van der Waals surface area contributed by atoms with Crippen molar-refractivity contribution in [2.45, 2.75) is 54.4 Å². The van der Waals surface area contributed by atoms with Crippen molar-refractivity contribution < 1.29 is 0 Å². The largest absolute Gasteiger partial charge is 0.301 e. The van der Waals surface area contributed by atoms with Crippen LogP contribution in [-0.4, -0.2) is 49.1 Å². The zero-order valence-electron chi connectivity index (χ0n) is 12.6. The highest BCUT2D eigenvalue weighted by molar-refractivity contribution is 4.70. The van der Waals surface area contributed by atoms with Gasteiger partial charge in [-0.2, -0.15) is 0 Å². The molecule has 0 aromatic carbocycles. The van der Waals surface area contributed by atoms with Gasteiger partial charge in [-0.3, -0.25) is 0 Å². The van der Waals surface area contributed by atoms with Crippen molar-refractivity contribution in [3.63, 3.8) is 0 Å². The highest BCUT2D eigenvalue weighted by Gasteiger charge is 2.13. The van der Waals surface area contributed by atoms with Crippen LogP contribution in [-0.2, 0) is 0 Å². The molecule has 0 amide bonds. The Labute approximate surface area is 104 Å². The number of unbranched alkanes of at least 4 members (excludes halogenated alkanes) is 1. The van der Waals surface area contributed by atoms with Crippen molar-refractivity contribution in [2.75, 3.05) is 39.3 Å². The molecular formula is C14H34N2. The Balaban J connectivity index is 0. The summed E-state index contributed by atoms with van der Waals surface area (Å²) in [5.41, 5.74) is 0. The lowest BCUT2D eigenvalue weighted by atomic mass is 10.2. The van der Waals surface area contributed by atoms with Crippen LogP contribution in [0.15, 0.2) is 0 Å². The fourth-order valence-electron chi connectivity index (χ4n) is 1.71.